The van der Waals surface area contributed by atoms with Crippen molar-refractivity contribution in [1.29, 1.82) is 0 Å². The van der Waals surface area contributed by atoms with Crippen LogP contribution in [-0.4, -0.2) is 53.7 Å². The van der Waals surface area contributed by atoms with E-state index in [0.29, 0.717) is 24.3 Å². The number of methoxy groups -OCH3 is 1. The molecule has 0 bridgehead atoms. The second kappa shape index (κ2) is 6.12. The molecule has 1 aliphatic heterocycles. The molecule has 1 fully saturated rings. The maximum atomic E-state index is 12.1. The van der Waals surface area contributed by atoms with Crippen molar-refractivity contribution in [3.05, 3.63) is 11.9 Å². The van der Waals surface area contributed by atoms with Crippen molar-refractivity contribution in [2.45, 2.75) is 25.9 Å². The van der Waals surface area contributed by atoms with E-state index in [-0.39, 0.29) is 11.9 Å². The number of aromatic nitrogens is 3. The minimum absolute atomic E-state index is 0.0204. The van der Waals surface area contributed by atoms with Crippen molar-refractivity contribution in [2.24, 2.45) is 5.92 Å². The number of hydrogen-bond acceptors (Lipinski definition) is 5. The van der Waals surface area contributed by atoms with Crippen LogP contribution < -0.4 is 10.6 Å². The fourth-order valence-electron chi connectivity index (χ4n) is 1.84. The average molecular weight is 267 g/mol. The molecule has 0 aliphatic carbocycles. The molecule has 1 saturated heterocycles. The molecule has 1 amide bonds. The molecule has 106 valence electrons. The van der Waals surface area contributed by atoms with Gasteiger partial charge in [0.1, 0.15) is 0 Å². The first-order chi connectivity index (χ1) is 9.11. The summed E-state index contributed by atoms with van der Waals surface area (Å²) < 4.78 is 6.85. The van der Waals surface area contributed by atoms with Gasteiger partial charge in [-0.25, -0.2) is 4.68 Å². The van der Waals surface area contributed by atoms with Gasteiger partial charge in [0.2, 0.25) is 0 Å². The monoisotopic (exact) mass is 267 g/mol. The molecule has 1 atom stereocenters. The van der Waals surface area contributed by atoms with Crippen LogP contribution in [0.15, 0.2) is 6.20 Å². The van der Waals surface area contributed by atoms with Crippen LogP contribution in [0, 0.1) is 5.92 Å². The molecule has 2 N–H and O–H groups in total. The largest absolute Gasteiger partial charge is 0.383 e. The molecule has 1 aliphatic rings. The third-order valence-electron chi connectivity index (χ3n) is 3.34. The lowest BCUT2D eigenvalue weighted by Crippen LogP contribution is -2.43. The highest BCUT2D eigenvalue weighted by Crippen LogP contribution is 2.10. The van der Waals surface area contributed by atoms with E-state index in [1.54, 1.807) is 18.0 Å². The molecule has 19 heavy (non-hydrogen) atoms. The summed E-state index contributed by atoms with van der Waals surface area (Å²) in [4.78, 5) is 12.1. The van der Waals surface area contributed by atoms with Crippen LogP contribution in [0.5, 0.6) is 0 Å². The van der Waals surface area contributed by atoms with Gasteiger partial charge in [-0.1, -0.05) is 19.1 Å². The van der Waals surface area contributed by atoms with Gasteiger partial charge >= 0.3 is 0 Å². The molecule has 1 unspecified atom stereocenters. The van der Waals surface area contributed by atoms with E-state index < -0.39 is 0 Å². The number of hydrogen-bond donors (Lipinski definition) is 2. The summed E-state index contributed by atoms with van der Waals surface area (Å²) in [6.45, 7) is 6.33. The van der Waals surface area contributed by atoms with E-state index in [9.17, 15) is 4.79 Å². The van der Waals surface area contributed by atoms with E-state index in [4.69, 9.17) is 4.74 Å². The topological polar surface area (TPSA) is 81.1 Å². The van der Waals surface area contributed by atoms with Crippen LogP contribution in [0.4, 0.5) is 0 Å². The number of carbonyl (C=O) groups excluding carboxylic acids is 1. The second-order valence-corrected chi connectivity index (χ2v) is 5.18. The normalized spacial score (nSPS) is 17.3. The Morgan fingerprint density at radius 1 is 1.63 bits per heavy atom. The number of nitrogens with one attached hydrogen (secondary N) is 2. The van der Waals surface area contributed by atoms with Crippen LogP contribution in [-0.2, 0) is 4.74 Å². The van der Waals surface area contributed by atoms with Crippen molar-refractivity contribution in [3.8, 4) is 0 Å². The summed E-state index contributed by atoms with van der Waals surface area (Å²) in [5.41, 5.74) is 0.355. The third kappa shape index (κ3) is 3.30. The molecule has 7 heteroatoms. The van der Waals surface area contributed by atoms with Gasteiger partial charge in [0.25, 0.3) is 5.91 Å². The zero-order valence-electron chi connectivity index (χ0n) is 11.6. The number of carbonyl (C=O) groups is 1. The molecule has 7 nitrogen and oxygen atoms in total. The third-order valence-corrected chi connectivity index (χ3v) is 3.34. The van der Waals surface area contributed by atoms with Crippen molar-refractivity contribution < 1.29 is 9.53 Å². The standard InChI is InChI=1S/C12H21N5O2/c1-8(2)11(7-19-3)14-12(18)10-6-17(16-15-10)9-4-13-5-9/h6,8-9,11,13H,4-5,7H2,1-3H3,(H,14,18). The van der Waals surface area contributed by atoms with E-state index in [0.717, 1.165) is 13.1 Å². The first-order valence-electron chi connectivity index (χ1n) is 6.54. The summed E-state index contributed by atoms with van der Waals surface area (Å²) in [6.07, 6.45) is 1.70. The SMILES string of the molecule is COCC(NC(=O)c1cn(C2CNC2)nn1)C(C)C. The fourth-order valence-corrected chi connectivity index (χ4v) is 1.84. The Bertz CT molecular complexity index is 428. The smallest absolute Gasteiger partial charge is 0.273 e. The van der Waals surface area contributed by atoms with Gasteiger partial charge in [0, 0.05) is 20.2 Å². The van der Waals surface area contributed by atoms with Crippen LogP contribution in [0.3, 0.4) is 0 Å². The minimum atomic E-state index is -0.200. The predicted octanol–water partition coefficient (Wildman–Crippen LogP) is -0.177. The van der Waals surface area contributed by atoms with Gasteiger partial charge in [0.15, 0.2) is 5.69 Å². The van der Waals surface area contributed by atoms with Gasteiger partial charge in [-0.2, -0.15) is 0 Å². The van der Waals surface area contributed by atoms with E-state index >= 15 is 0 Å². The Hall–Kier alpha value is -1.47. The van der Waals surface area contributed by atoms with Crippen molar-refractivity contribution in [3.63, 3.8) is 0 Å². The van der Waals surface area contributed by atoms with E-state index in [1.165, 1.54) is 0 Å². The molecule has 2 heterocycles. The van der Waals surface area contributed by atoms with Crippen LogP contribution >= 0.6 is 0 Å². The maximum absolute atomic E-state index is 12.1. The Morgan fingerprint density at radius 3 is 2.89 bits per heavy atom. The molecular formula is C12H21N5O2. The number of nitrogens with zero attached hydrogens (tertiary/aromatic N) is 3. The molecule has 0 aromatic carbocycles. The molecule has 0 radical (unpaired) electrons. The van der Waals surface area contributed by atoms with Gasteiger partial charge < -0.3 is 15.4 Å². The molecule has 2 rings (SSSR count). The zero-order chi connectivity index (χ0) is 13.8. The lowest BCUT2D eigenvalue weighted by Gasteiger charge is -2.26. The Balaban J connectivity index is 1.96. The zero-order valence-corrected chi connectivity index (χ0v) is 11.6. The second-order valence-electron chi connectivity index (χ2n) is 5.18. The predicted molar refractivity (Wildman–Crippen MR) is 69.9 cm³/mol. The van der Waals surface area contributed by atoms with E-state index in [2.05, 4.69) is 20.9 Å². The van der Waals surface area contributed by atoms with E-state index in [1.807, 2.05) is 13.8 Å². The Labute approximate surface area is 112 Å². The molecule has 1 aromatic rings. The van der Waals surface area contributed by atoms with Crippen LogP contribution in [0.1, 0.15) is 30.4 Å². The van der Waals surface area contributed by atoms with Crippen LogP contribution in [0.2, 0.25) is 0 Å². The van der Waals surface area contributed by atoms with Gasteiger partial charge in [-0.05, 0) is 5.92 Å². The molecular weight excluding hydrogens is 246 g/mol. The summed E-state index contributed by atoms with van der Waals surface area (Å²) in [7, 11) is 1.63. The summed E-state index contributed by atoms with van der Waals surface area (Å²) in [5.74, 6) is 0.101. The van der Waals surface area contributed by atoms with Crippen molar-refractivity contribution in [2.75, 3.05) is 26.8 Å². The van der Waals surface area contributed by atoms with Gasteiger partial charge in [-0.3, -0.25) is 4.79 Å². The quantitative estimate of drug-likeness (QED) is 0.747. The minimum Gasteiger partial charge on any atom is -0.383 e. The Morgan fingerprint density at radius 2 is 2.37 bits per heavy atom. The number of rotatable bonds is 6. The highest BCUT2D eigenvalue weighted by atomic mass is 16.5. The summed E-state index contributed by atoms with van der Waals surface area (Å²) in [5, 5.41) is 14.0. The number of ether oxygens (including phenoxy) is 1. The highest BCUT2D eigenvalue weighted by Gasteiger charge is 2.23. The fraction of sp³-hybridized carbons (Fsp3) is 0.750. The summed E-state index contributed by atoms with van der Waals surface area (Å²) in [6, 6.07) is 0.293. The van der Waals surface area contributed by atoms with Gasteiger partial charge in [-0.15, -0.1) is 5.10 Å². The number of amides is 1. The lowest BCUT2D eigenvalue weighted by molar-refractivity contribution is 0.0861. The first kappa shape index (κ1) is 14.0. The molecule has 1 aromatic heterocycles. The first-order valence-corrected chi connectivity index (χ1v) is 6.54. The lowest BCUT2D eigenvalue weighted by atomic mass is 10.1. The maximum Gasteiger partial charge on any atom is 0.273 e. The van der Waals surface area contributed by atoms with Gasteiger partial charge in [0.05, 0.1) is 24.9 Å². The Kier molecular flexibility index (Phi) is 4.49. The van der Waals surface area contributed by atoms with Crippen LogP contribution in [0.25, 0.3) is 0 Å². The average Bonchev–Trinajstić information content (AvgIpc) is 2.75. The van der Waals surface area contributed by atoms with Crippen molar-refractivity contribution >= 4 is 5.91 Å². The molecule has 0 spiro atoms. The van der Waals surface area contributed by atoms with Crippen molar-refractivity contribution in [1.82, 2.24) is 25.6 Å². The summed E-state index contributed by atoms with van der Waals surface area (Å²) >= 11 is 0. The highest BCUT2D eigenvalue weighted by molar-refractivity contribution is 5.92. The molecule has 0 saturated carbocycles.